The third kappa shape index (κ3) is 2.25. The van der Waals surface area contributed by atoms with Crippen molar-refractivity contribution in [3.63, 3.8) is 0 Å². The molecule has 0 radical (unpaired) electrons. The smallest absolute Gasteiger partial charge is 0.396 e. The first-order chi connectivity index (χ1) is 8.51. The summed E-state index contributed by atoms with van der Waals surface area (Å²) in [5, 5.41) is 3.21. The summed E-state index contributed by atoms with van der Waals surface area (Å²) in [5.74, 6) is 0.830. The maximum Gasteiger partial charge on any atom is 0.396 e. The zero-order valence-electron chi connectivity index (χ0n) is 9.51. The highest BCUT2D eigenvalue weighted by molar-refractivity contribution is 5.49. The van der Waals surface area contributed by atoms with Crippen molar-refractivity contribution in [2.24, 2.45) is 0 Å². The topological polar surface area (TPSA) is 30.5 Å². The molecule has 1 N–H and O–H groups in total. The molecule has 6 heteroatoms. The molecule has 0 aliphatic carbocycles. The van der Waals surface area contributed by atoms with Crippen LogP contribution in [-0.4, -0.2) is 19.0 Å². The van der Waals surface area contributed by atoms with E-state index in [-0.39, 0.29) is 0 Å². The van der Waals surface area contributed by atoms with E-state index < -0.39 is 18.9 Å². The van der Waals surface area contributed by atoms with E-state index in [2.05, 4.69) is 5.32 Å². The lowest BCUT2D eigenvalue weighted by Crippen LogP contribution is -2.26. The van der Waals surface area contributed by atoms with Gasteiger partial charge in [0.15, 0.2) is 11.5 Å². The van der Waals surface area contributed by atoms with Gasteiger partial charge in [0.1, 0.15) is 6.42 Å². The Morgan fingerprint density at radius 2 is 1.83 bits per heavy atom. The largest absolute Gasteiger partial charge is 0.451 e. The van der Waals surface area contributed by atoms with E-state index in [9.17, 15) is 13.2 Å². The van der Waals surface area contributed by atoms with Gasteiger partial charge < -0.3 is 14.8 Å². The summed E-state index contributed by atoms with van der Waals surface area (Å²) >= 11 is 0. The molecule has 98 valence electrons. The molecule has 3 rings (SSSR count). The van der Waals surface area contributed by atoms with E-state index in [1.165, 1.54) is 0 Å². The molecule has 0 saturated heterocycles. The van der Waals surface area contributed by atoms with Gasteiger partial charge in [-0.1, -0.05) is 0 Å². The molecule has 0 bridgehead atoms. The van der Waals surface area contributed by atoms with Crippen molar-refractivity contribution in [1.29, 1.82) is 0 Å². The maximum absolute atomic E-state index is 12.3. The average molecular weight is 259 g/mol. The number of alkyl halides is 3. The van der Waals surface area contributed by atoms with Crippen LogP contribution in [0.3, 0.4) is 0 Å². The highest BCUT2D eigenvalue weighted by Crippen LogP contribution is 2.40. The highest BCUT2D eigenvalue weighted by Gasteiger charge is 2.38. The third-order valence-corrected chi connectivity index (χ3v) is 3.07. The molecule has 1 unspecified atom stereocenters. The van der Waals surface area contributed by atoms with Crippen LogP contribution in [0.25, 0.3) is 0 Å². The van der Waals surface area contributed by atoms with Crippen LogP contribution in [0.5, 0.6) is 11.5 Å². The van der Waals surface area contributed by atoms with Crippen molar-refractivity contribution in [2.75, 3.05) is 6.54 Å². The van der Waals surface area contributed by atoms with Crippen molar-refractivity contribution in [1.82, 2.24) is 5.32 Å². The summed E-state index contributed by atoms with van der Waals surface area (Å²) in [6, 6.07) is 3.56. The Morgan fingerprint density at radius 3 is 2.50 bits per heavy atom. The SMILES string of the molecule is FC(F)(F)CC1Oc2cc3c(cc2O1)CNCC3. The van der Waals surface area contributed by atoms with Crippen molar-refractivity contribution in [2.45, 2.75) is 31.9 Å². The van der Waals surface area contributed by atoms with Gasteiger partial charge in [0, 0.05) is 6.54 Å². The lowest BCUT2D eigenvalue weighted by Gasteiger charge is -2.17. The van der Waals surface area contributed by atoms with E-state index in [0.717, 1.165) is 30.6 Å². The lowest BCUT2D eigenvalue weighted by atomic mass is 10.0. The number of rotatable bonds is 1. The average Bonchev–Trinajstić information content (AvgIpc) is 2.63. The van der Waals surface area contributed by atoms with Crippen LogP contribution in [-0.2, 0) is 13.0 Å². The predicted octanol–water partition coefficient (Wildman–Crippen LogP) is 2.38. The molecule has 18 heavy (non-hydrogen) atoms. The minimum absolute atomic E-state index is 0.409. The summed E-state index contributed by atoms with van der Waals surface area (Å²) in [5.41, 5.74) is 2.18. The van der Waals surface area contributed by atoms with Gasteiger partial charge >= 0.3 is 6.18 Å². The van der Waals surface area contributed by atoms with E-state index in [1.807, 2.05) is 0 Å². The van der Waals surface area contributed by atoms with Crippen LogP contribution >= 0.6 is 0 Å². The van der Waals surface area contributed by atoms with Crippen molar-refractivity contribution >= 4 is 0 Å². The van der Waals surface area contributed by atoms with Crippen LogP contribution in [0.15, 0.2) is 12.1 Å². The summed E-state index contributed by atoms with van der Waals surface area (Å²) in [4.78, 5) is 0. The fourth-order valence-electron chi connectivity index (χ4n) is 2.25. The molecule has 1 atom stereocenters. The Hall–Kier alpha value is -1.43. The van der Waals surface area contributed by atoms with Gasteiger partial charge in [0.05, 0.1) is 0 Å². The van der Waals surface area contributed by atoms with Gasteiger partial charge in [-0.3, -0.25) is 0 Å². The minimum Gasteiger partial charge on any atom is -0.451 e. The summed E-state index contributed by atoms with van der Waals surface area (Å²) in [7, 11) is 0. The van der Waals surface area contributed by atoms with Crippen molar-refractivity contribution < 1.29 is 22.6 Å². The van der Waals surface area contributed by atoms with E-state index in [1.54, 1.807) is 12.1 Å². The molecular formula is C12H12F3NO2. The van der Waals surface area contributed by atoms with E-state index >= 15 is 0 Å². The summed E-state index contributed by atoms with van der Waals surface area (Å²) in [6.07, 6.45) is -5.77. The maximum atomic E-state index is 12.3. The standard InChI is InChI=1S/C12H12F3NO2/c13-12(14,15)5-11-17-9-3-7-1-2-16-6-8(7)4-10(9)18-11/h3-4,11,16H,1-2,5-6H2. The fourth-order valence-corrected chi connectivity index (χ4v) is 2.25. The minimum atomic E-state index is -4.28. The number of fused-ring (bicyclic) bond motifs is 2. The van der Waals surface area contributed by atoms with Gasteiger partial charge in [-0.2, -0.15) is 13.2 Å². The first kappa shape index (κ1) is 11.6. The third-order valence-electron chi connectivity index (χ3n) is 3.07. The zero-order valence-corrected chi connectivity index (χ0v) is 9.51. The van der Waals surface area contributed by atoms with Gasteiger partial charge in [-0.15, -0.1) is 0 Å². The summed E-state index contributed by atoms with van der Waals surface area (Å²) < 4.78 is 47.2. The lowest BCUT2D eigenvalue weighted by molar-refractivity contribution is -0.169. The Kier molecular flexibility index (Phi) is 2.62. The number of halogens is 3. The van der Waals surface area contributed by atoms with Gasteiger partial charge in [-0.05, 0) is 36.2 Å². The number of hydrogen-bond donors (Lipinski definition) is 1. The number of benzene rings is 1. The Morgan fingerprint density at radius 1 is 1.17 bits per heavy atom. The summed E-state index contributed by atoms with van der Waals surface area (Å²) in [6.45, 7) is 1.59. The van der Waals surface area contributed by atoms with Crippen LogP contribution in [0.1, 0.15) is 17.5 Å². The van der Waals surface area contributed by atoms with Gasteiger partial charge in [-0.25, -0.2) is 0 Å². The Labute approximate surface area is 102 Å². The molecule has 1 aromatic carbocycles. The monoisotopic (exact) mass is 259 g/mol. The molecule has 0 spiro atoms. The molecule has 0 fully saturated rings. The molecule has 3 nitrogen and oxygen atoms in total. The second-order valence-corrected chi connectivity index (χ2v) is 4.48. The Balaban J connectivity index is 1.81. The van der Waals surface area contributed by atoms with Gasteiger partial charge in [0.25, 0.3) is 0 Å². The second kappa shape index (κ2) is 4.05. The fraction of sp³-hybridized carbons (Fsp3) is 0.500. The normalized spacial score (nSPS) is 21.8. The molecule has 0 aromatic heterocycles. The zero-order chi connectivity index (χ0) is 12.8. The van der Waals surface area contributed by atoms with Crippen LogP contribution in [0.4, 0.5) is 13.2 Å². The number of ether oxygens (including phenoxy) is 2. The molecule has 0 saturated carbocycles. The van der Waals surface area contributed by atoms with E-state index in [0.29, 0.717) is 11.5 Å². The second-order valence-electron chi connectivity index (χ2n) is 4.48. The Bertz CT molecular complexity index is 438. The van der Waals surface area contributed by atoms with Crippen LogP contribution < -0.4 is 14.8 Å². The molecule has 0 amide bonds. The van der Waals surface area contributed by atoms with Crippen molar-refractivity contribution in [3.8, 4) is 11.5 Å². The number of hydrogen-bond acceptors (Lipinski definition) is 3. The van der Waals surface area contributed by atoms with Crippen molar-refractivity contribution in [3.05, 3.63) is 23.3 Å². The van der Waals surface area contributed by atoms with Crippen LogP contribution in [0, 0.1) is 0 Å². The van der Waals surface area contributed by atoms with Crippen LogP contribution in [0.2, 0.25) is 0 Å². The molecule has 2 aliphatic rings. The molecule has 2 aliphatic heterocycles. The quantitative estimate of drug-likeness (QED) is 0.840. The first-order valence-electron chi connectivity index (χ1n) is 5.78. The first-order valence-corrected chi connectivity index (χ1v) is 5.78. The highest BCUT2D eigenvalue weighted by atomic mass is 19.4. The molecule has 2 heterocycles. The van der Waals surface area contributed by atoms with Gasteiger partial charge in [0.2, 0.25) is 6.29 Å². The molecular weight excluding hydrogens is 247 g/mol. The number of nitrogens with one attached hydrogen (secondary N) is 1. The predicted molar refractivity (Wildman–Crippen MR) is 57.6 cm³/mol. The van der Waals surface area contributed by atoms with E-state index in [4.69, 9.17) is 9.47 Å². The molecule has 1 aromatic rings.